The third kappa shape index (κ3) is 2.36. The summed E-state index contributed by atoms with van der Waals surface area (Å²) in [6.45, 7) is 0. The minimum atomic E-state index is -4.07. The van der Waals surface area contributed by atoms with Gasteiger partial charge in [-0.2, -0.15) is 0 Å². The number of allylic oxidation sites excluding steroid dienone is 4. The van der Waals surface area contributed by atoms with Gasteiger partial charge in [0.15, 0.2) is 5.67 Å². The lowest BCUT2D eigenvalue weighted by atomic mass is 9.81. The molecule has 0 heterocycles. The first-order chi connectivity index (χ1) is 8.89. The van der Waals surface area contributed by atoms with Crippen molar-refractivity contribution in [3.8, 4) is 0 Å². The van der Waals surface area contributed by atoms with E-state index in [4.69, 9.17) is 5.14 Å². The van der Waals surface area contributed by atoms with Crippen LogP contribution in [0.25, 0.3) is 0 Å². The number of alkyl halides is 1. The highest BCUT2D eigenvalue weighted by Gasteiger charge is 2.41. The van der Waals surface area contributed by atoms with Gasteiger partial charge in [-0.05, 0) is 12.1 Å². The van der Waals surface area contributed by atoms with Gasteiger partial charge < -0.3 is 4.79 Å². The average molecular weight is 281 g/mol. The zero-order valence-corrected chi connectivity index (χ0v) is 10.7. The average Bonchev–Trinajstić information content (AvgIpc) is 2.38. The molecular weight excluding hydrogens is 269 g/mol. The third-order valence-electron chi connectivity index (χ3n) is 3.01. The Balaban J connectivity index is 2.68. The Morgan fingerprint density at radius 2 is 1.95 bits per heavy atom. The van der Waals surface area contributed by atoms with E-state index in [1.54, 1.807) is 0 Å². The number of sulfonamides is 1. The third-order valence-corrected chi connectivity index (χ3v) is 3.98. The van der Waals surface area contributed by atoms with Crippen LogP contribution in [-0.2, 0) is 20.5 Å². The minimum absolute atomic E-state index is 0.129. The molecule has 1 aliphatic carbocycles. The summed E-state index contributed by atoms with van der Waals surface area (Å²) in [5.41, 5.74) is -2.34. The molecule has 0 radical (unpaired) electrons. The zero-order chi connectivity index (χ0) is 14.1. The molecule has 1 aliphatic rings. The number of halogens is 1. The van der Waals surface area contributed by atoms with Gasteiger partial charge in [0, 0.05) is 5.56 Å². The predicted octanol–water partition coefficient (Wildman–Crippen LogP) is 1.44. The van der Waals surface area contributed by atoms with Crippen LogP contribution in [0.4, 0.5) is 4.39 Å². The normalized spacial score (nSPS) is 26.3. The highest BCUT2D eigenvalue weighted by atomic mass is 32.2. The molecular formula is C13H12FNO3S. The van der Waals surface area contributed by atoms with Gasteiger partial charge in [-0.3, -0.25) is 0 Å². The number of hydrogen-bond acceptors (Lipinski definition) is 3. The van der Waals surface area contributed by atoms with Crippen LogP contribution in [0.15, 0.2) is 53.5 Å². The van der Waals surface area contributed by atoms with Crippen LogP contribution < -0.4 is 5.14 Å². The van der Waals surface area contributed by atoms with Crippen molar-refractivity contribution in [1.82, 2.24) is 0 Å². The van der Waals surface area contributed by atoms with Gasteiger partial charge in [0.25, 0.3) is 0 Å². The fourth-order valence-corrected chi connectivity index (χ4v) is 2.87. The van der Waals surface area contributed by atoms with E-state index in [1.165, 1.54) is 42.5 Å². The Bertz CT molecular complexity index is 666. The number of carbonyl (C=O) groups excluding carboxylic acids is 1. The number of hydrogen-bond donors (Lipinski definition) is 1. The molecule has 0 saturated heterocycles. The van der Waals surface area contributed by atoms with Gasteiger partial charge in [0.05, 0.1) is 10.8 Å². The van der Waals surface area contributed by atoms with Gasteiger partial charge >= 0.3 is 0 Å². The summed E-state index contributed by atoms with van der Waals surface area (Å²) in [6, 6.07) is 5.49. The molecule has 1 aromatic rings. The van der Waals surface area contributed by atoms with Crippen molar-refractivity contribution < 1.29 is 17.6 Å². The highest BCUT2D eigenvalue weighted by molar-refractivity contribution is 7.89. The quantitative estimate of drug-likeness (QED) is 0.852. The Morgan fingerprint density at radius 3 is 2.58 bits per heavy atom. The van der Waals surface area contributed by atoms with Gasteiger partial charge in [0.2, 0.25) is 10.0 Å². The molecule has 0 aliphatic heterocycles. The number of aldehydes is 1. The molecule has 100 valence electrons. The highest BCUT2D eigenvalue weighted by Crippen LogP contribution is 2.40. The Hall–Kier alpha value is -1.79. The molecule has 0 bridgehead atoms. The smallest absolute Gasteiger partial charge is 0.238 e. The van der Waals surface area contributed by atoms with E-state index in [-0.39, 0.29) is 10.5 Å². The second-order valence-corrected chi connectivity index (χ2v) is 5.74. The second-order valence-electron chi connectivity index (χ2n) is 4.22. The molecule has 1 aromatic carbocycles. The van der Waals surface area contributed by atoms with E-state index < -0.39 is 21.6 Å². The van der Waals surface area contributed by atoms with Crippen LogP contribution in [0.1, 0.15) is 5.56 Å². The van der Waals surface area contributed by atoms with Crippen molar-refractivity contribution >= 4 is 16.3 Å². The zero-order valence-electron chi connectivity index (χ0n) is 9.86. The van der Waals surface area contributed by atoms with Crippen molar-refractivity contribution in [3.05, 3.63) is 54.1 Å². The lowest BCUT2D eigenvalue weighted by molar-refractivity contribution is -0.113. The number of primary sulfonamides is 1. The monoisotopic (exact) mass is 281 g/mol. The molecule has 0 saturated carbocycles. The van der Waals surface area contributed by atoms with Crippen LogP contribution in [0, 0.1) is 5.92 Å². The molecule has 0 aromatic heterocycles. The molecule has 6 heteroatoms. The molecule has 2 N–H and O–H groups in total. The summed E-state index contributed by atoms with van der Waals surface area (Å²) in [5, 5.41) is 5.09. The first kappa shape index (κ1) is 13.6. The van der Waals surface area contributed by atoms with Gasteiger partial charge in [-0.25, -0.2) is 17.9 Å². The fourth-order valence-electron chi connectivity index (χ4n) is 2.08. The summed E-state index contributed by atoms with van der Waals surface area (Å²) in [7, 11) is -4.07. The maximum Gasteiger partial charge on any atom is 0.238 e. The maximum absolute atomic E-state index is 15.1. The SMILES string of the molecule is NS(=O)(=O)c1ccccc1C1(F)C=CC=CC1C=O. The standard InChI is InChI=1S/C13H12FNO3S/c14-13(8-4-3-5-10(13)9-16)11-6-1-2-7-12(11)19(15,17)18/h1-10H,(H2,15,17,18). The molecule has 2 unspecified atom stereocenters. The van der Waals surface area contributed by atoms with Crippen molar-refractivity contribution in [1.29, 1.82) is 0 Å². The van der Waals surface area contributed by atoms with Crippen molar-refractivity contribution in [2.24, 2.45) is 11.1 Å². The molecule has 2 atom stereocenters. The minimum Gasteiger partial charge on any atom is -0.303 e. The molecule has 0 spiro atoms. The summed E-state index contributed by atoms with van der Waals surface area (Å²) in [5.74, 6) is -1.08. The number of carbonyl (C=O) groups is 1. The van der Waals surface area contributed by atoms with E-state index in [2.05, 4.69) is 0 Å². The van der Waals surface area contributed by atoms with E-state index in [0.29, 0.717) is 6.29 Å². The maximum atomic E-state index is 15.1. The second kappa shape index (κ2) is 4.71. The molecule has 2 rings (SSSR count). The molecule has 0 amide bonds. The van der Waals surface area contributed by atoms with Crippen LogP contribution in [0.2, 0.25) is 0 Å². The van der Waals surface area contributed by atoms with E-state index in [0.717, 1.165) is 6.08 Å². The van der Waals surface area contributed by atoms with Gasteiger partial charge in [0.1, 0.15) is 6.29 Å². The fraction of sp³-hybridized carbons (Fsp3) is 0.154. The van der Waals surface area contributed by atoms with Crippen molar-refractivity contribution in [2.45, 2.75) is 10.6 Å². The van der Waals surface area contributed by atoms with Crippen LogP contribution >= 0.6 is 0 Å². The Kier molecular flexibility index (Phi) is 3.38. The molecule has 19 heavy (non-hydrogen) atoms. The summed E-state index contributed by atoms with van der Waals surface area (Å²) in [6.07, 6.45) is 5.96. The van der Waals surface area contributed by atoms with Gasteiger partial charge in [-0.1, -0.05) is 36.4 Å². The van der Waals surface area contributed by atoms with Crippen molar-refractivity contribution in [2.75, 3.05) is 0 Å². The molecule has 4 nitrogen and oxygen atoms in total. The largest absolute Gasteiger partial charge is 0.303 e. The van der Waals surface area contributed by atoms with Crippen LogP contribution in [0.5, 0.6) is 0 Å². The summed E-state index contributed by atoms with van der Waals surface area (Å²) in [4.78, 5) is 10.7. The number of nitrogens with two attached hydrogens (primary N) is 1. The first-order valence-corrected chi connectivity index (χ1v) is 7.07. The Morgan fingerprint density at radius 1 is 1.26 bits per heavy atom. The van der Waals surface area contributed by atoms with E-state index in [9.17, 15) is 13.2 Å². The lowest BCUT2D eigenvalue weighted by Gasteiger charge is -2.29. The van der Waals surface area contributed by atoms with Gasteiger partial charge in [-0.15, -0.1) is 0 Å². The predicted molar refractivity (Wildman–Crippen MR) is 68.4 cm³/mol. The van der Waals surface area contributed by atoms with Crippen molar-refractivity contribution in [3.63, 3.8) is 0 Å². The molecule has 0 fully saturated rings. The van der Waals surface area contributed by atoms with E-state index in [1.807, 2.05) is 0 Å². The number of benzene rings is 1. The first-order valence-electron chi connectivity index (χ1n) is 5.52. The summed E-state index contributed by atoms with van der Waals surface area (Å²) < 4.78 is 38.1. The van der Waals surface area contributed by atoms with E-state index >= 15 is 4.39 Å². The van der Waals surface area contributed by atoms with Crippen LogP contribution in [0.3, 0.4) is 0 Å². The topological polar surface area (TPSA) is 77.2 Å². The lowest BCUT2D eigenvalue weighted by Crippen LogP contribution is -2.32. The number of rotatable bonds is 3. The Labute approximate surface area is 110 Å². The summed E-state index contributed by atoms with van der Waals surface area (Å²) >= 11 is 0. The van der Waals surface area contributed by atoms with Crippen LogP contribution in [-0.4, -0.2) is 14.7 Å².